The Labute approximate surface area is 313 Å². The average molecular weight is 701 g/mol. The minimum Gasteiger partial charge on any atom is -0.497 e. The van der Waals surface area contributed by atoms with Crippen LogP contribution in [0.1, 0.15) is 85.9 Å². The van der Waals surface area contributed by atoms with Crippen LogP contribution in [0, 0.1) is 24.7 Å². The van der Waals surface area contributed by atoms with Crippen LogP contribution in [0.2, 0.25) is 0 Å². The lowest BCUT2D eigenvalue weighted by Gasteiger charge is -2.52. The number of hydrogen-bond acceptors (Lipinski definition) is 4. The number of hydrogen-bond donors (Lipinski definition) is 0. The van der Waals surface area contributed by atoms with Crippen molar-refractivity contribution in [1.82, 2.24) is 0 Å². The van der Waals surface area contributed by atoms with E-state index in [1.807, 2.05) is 36.4 Å². The molecule has 9 rings (SSSR count). The number of fused-ring (bicyclic) bond motifs is 10. The normalized spacial score (nSPS) is 18.3. The van der Waals surface area contributed by atoms with Crippen molar-refractivity contribution >= 4 is 16.8 Å². The maximum Gasteiger partial charge on any atom is 0.178 e. The summed E-state index contributed by atoms with van der Waals surface area (Å²) in [5.41, 5.74) is 11.5. The maximum absolute atomic E-state index is 7.75. The standard InChI is InChI=1S/C49H48O4/c1-30-11-20-36-41(24-30)48(28-46(3,4)27-47(5,6)29-48)44-37-21-22-49(32-12-16-34(50-7)17-13-32,33-14-18-35(51-8)19-15-33)53-45(37)40-26-38(42-10-9-23-52-42)31(2)25-39(40)43(36)44/h9-26H,27-29H2,1-8H3. The van der Waals surface area contributed by atoms with Gasteiger partial charge in [-0.25, -0.2) is 0 Å². The smallest absolute Gasteiger partial charge is 0.178 e. The molecular formula is C49H48O4. The van der Waals surface area contributed by atoms with Gasteiger partial charge < -0.3 is 18.6 Å². The second-order valence-electron chi connectivity index (χ2n) is 17.3. The Balaban J connectivity index is 1.41. The lowest BCUT2D eigenvalue weighted by atomic mass is 9.52. The number of rotatable bonds is 5. The fourth-order valence-electron chi connectivity index (χ4n) is 10.8. The van der Waals surface area contributed by atoms with Gasteiger partial charge in [0.1, 0.15) is 23.0 Å². The predicted molar refractivity (Wildman–Crippen MR) is 215 cm³/mol. The van der Waals surface area contributed by atoms with Crippen LogP contribution in [0.5, 0.6) is 17.2 Å². The zero-order chi connectivity index (χ0) is 36.9. The van der Waals surface area contributed by atoms with Crippen molar-refractivity contribution < 1.29 is 18.6 Å². The van der Waals surface area contributed by atoms with Crippen molar-refractivity contribution in [2.75, 3.05) is 14.2 Å². The molecule has 1 fully saturated rings. The van der Waals surface area contributed by atoms with E-state index in [0.717, 1.165) is 57.9 Å². The fourth-order valence-corrected chi connectivity index (χ4v) is 10.8. The summed E-state index contributed by atoms with van der Waals surface area (Å²) in [7, 11) is 3.41. The molecule has 6 aromatic rings. The molecule has 268 valence electrons. The second kappa shape index (κ2) is 11.6. The van der Waals surface area contributed by atoms with Crippen LogP contribution in [-0.2, 0) is 11.0 Å². The molecule has 1 aliphatic heterocycles. The molecule has 0 saturated heterocycles. The van der Waals surface area contributed by atoms with Gasteiger partial charge in [-0.3, -0.25) is 0 Å². The van der Waals surface area contributed by atoms with Gasteiger partial charge in [0.05, 0.1) is 20.5 Å². The van der Waals surface area contributed by atoms with Crippen LogP contribution >= 0.6 is 0 Å². The number of furan rings is 1. The van der Waals surface area contributed by atoms with Gasteiger partial charge in [0.2, 0.25) is 0 Å². The minimum atomic E-state index is -0.914. The van der Waals surface area contributed by atoms with Crippen molar-refractivity contribution in [3.63, 3.8) is 0 Å². The van der Waals surface area contributed by atoms with Gasteiger partial charge in [-0.2, -0.15) is 0 Å². The highest BCUT2D eigenvalue weighted by atomic mass is 16.5. The molecule has 0 radical (unpaired) electrons. The van der Waals surface area contributed by atoms with Gasteiger partial charge in [-0.1, -0.05) is 81.8 Å². The summed E-state index contributed by atoms with van der Waals surface area (Å²) in [5, 5.41) is 2.31. The number of benzene rings is 5. The van der Waals surface area contributed by atoms with Crippen LogP contribution in [0.4, 0.5) is 0 Å². The Morgan fingerprint density at radius 2 is 1.30 bits per heavy atom. The maximum atomic E-state index is 7.75. The van der Waals surface area contributed by atoms with E-state index in [2.05, 4.69) is 108 Å². The van der Waals surface area contributed by atoms with E-state index in [4.69, 9.17) is 18.6 Å². The van der Waals surface area contributed by atoms with E-state index in [9.17, 15) is 0 Å². The van der Waals surface area contributed by atoms with Gasteiger partial charge in [0.25, 0.3) is 0 Å². The third kappa shape index (κ3) is 5.09. The molecule has 4 nitrogen and oxygen atoms in total. The first kappa shape index (κ1) is 33.6. The Kier molecular flexibility index (Phi) is 7.38. The molecule has 5 aromatic carbocycles. The van der Waals surface area contributed by atoms with Crippen molar-refractivity contribution in [3.8, 4) is 39.7 Å². The van der Waals surface area contributed by atoms with Crippen LogP contribution < -0.4 is 14.2 Å². The summed E-state index contributed by atoms with van der Waals surface area (Å²) in [6.07, 6.45) is 9.75. The molecule has 0 N–H and O–H groups in total. The number of ether oxygens (including phenoxy) is 3. The zero-order valence-corrected chi connectivity index (χ0v) is 32.1. The Morgan fingerprint density at radius 1 is 0.660 bits per heavy atom. The highest BCUT2D eigenvalue weighted by Gasteiger charge is 2.55. The summed E-state index contributed by atoms with van der Waals surface area (Å²) < 4.78 is 25.0. The summed E-state index contributed by atoms with van der Waals surface area (Å²) in [6.45, 7) is 14.3. The molecule has 0 amide bonds. The first-order valence-corrected chi connectivity index (χ1v) is 18.8. The van der Waals surface area contributed by atoms with Gasteiger partial charge in [-0.05, 0) is 132 Å². The van der Waals surface area contributed by atoms with Crippen molar-refractivity contribution in [3.05, 3.63) is 142 Å². The van der Waals surface area contributed by atoms with Crippen LogP contribution in [0.15, 0.2) is 108 Å². The largest absolute Gasteiger partial charge is 0.497 e. The topological polar surface area (TPSA) is 40.8 Å². The van der Waals surface area contributed by atoms with E-state index in [0.29, 0.717) is 0 Å². The van der Waals surface area contributed by atoms with Crippen molar-refractivity contribution in [2.24, 2.45) is 10.8 Å². The van der Waals surface area contributed by atoms with Crippen LogP contribution in [0.25, 0.3) is 39.3 Å². The second-order valence-corrected chi connectivity index (χ2v) is 17.3. The highest BCUT2D eigenvalue weighted by molar-refractivity contribution is 6.10. The zero-order valence-electron chi connectivity index (χ0n) is 32.1. The lowest BCUT2D eigenvalue weighted by Crippen LogP contribution is -2.44. The lowest BCUT2D eigenvalue weighted by molar-refractivity contribution is 0.0641. The van der Waals surface area contributed by atoms with Gasteiger partial charge in [0.15, 0.2) is 5.60 Å². The molecule has 2 heterocycles. The molecular weight excluding hydrogens is 653 g/mol. The van der Waals surface area contributed by atoms with E-state index in [-0.39, 0.29) is 16.2 Å². The van der Waals surface area contributed by atoms with Gasteiger partial charge in [0, 0.05) is 33.1 Å². The fraction of sp³-hybridized carbons (Fsp3) is 0.306. The highest BCUT2D eigenvalue weighted by Crippen LogP contribution is 2.67. The van der Waals surface area contributed by atoms with E-state index < -0.39 is 5.60 Å². The Bertz CT molecular complexity index is 2360. The summed E-state index contributed by atoms with van der Waals surface area (Å²) >= 11 is 0. The number of aryl methyl sites for hydroxylation is 2. The molecule has 0 bridgehead atoms. The van der Waals surface area contributed by atoms with Crippen LogP contribution in [0.3, 0.4) is 0 Å². The molecule has 4 heteroatoms. The van der Waals surface area contributed by atoms with Gasteiger partial charge >= 0.3 is 0 Å². The molecule has 1 spiro atoms. The molecule has 1 aromatic heterocycles. The molecule has 0 atom stereocenters. The molecule has 53 heavy (non-hydrogen) atoms. The van der Waals surface area contributed by atoms with Crippen LogP contribution in [-0.4, -0.2) is 14.2 Å². The third-order valence-electron chi connectivity index (χ3n) is 12.2. The molecule has 0 unspecified atom stereocenters. The number of methoxy groups -OCH3 is 2. The Hall–Kier alpha value is -5.22. The van der Waals surface area contributed by atoms with E-state index >= 15 is 0 Å². The quantitative estimate of drug-likeness (QED) is 0.179. The van der Waals surface area contributed by atoms with E-state index in [1.165, 1.54) is 50.8 Å². The first-order chi connectivity index (χ1) is 25.4. The van der Waals surface area contributed by atoms with Gasteiger partial charge in [-0.15, -0.1) is 0 Å². The third-order valence-corrected chi connectivity index (χ3v) is 12.2. The predicted octanol–water partition coefficient (Wildman–Crippen LogP) is 12.6. The molecule has 2 aliphatic carbocycles. The molecule has 1 saturated carbocycles. The minimum absolute atomic E-state index is 0.139. The average Bonchev–Trinajstić information content (AvgIpc) is 3.75. The summed E-state index contributed by atoms with van der Waals surface area (Å²) in [6, 6.07) is 32.5. The molecule has 3 aliphatic rings. The first-order valence-electron chi connectivity index (χ1n) is 18.8. The monoisotopic (exact) mass is 700 g/mol. The van der Waals surface area contributed by atoms with Crippen molar-refractivity contribution in [2.45, 2.75) is 71.8 Å². The van der Waals surface area contributed by atoms with Crippen molar-refractivity contribution in [1.29, 1.82) is 0 Å². The Morgan fingerprint density at radius 3 is 1.89 bits per heavy atom. The van der Waals surface area contributed by atoms with E-state index in [1.54, 1.807) is 20.5 Å². The summed E-state index contributed by atoms with van der Waals surface area (Å²) in [4.78, 5) is 0. The summed E-state index contributed by atoms with van der Waals surface area (Å²) in [5.74, 6) is 3.37. The SMILES string of the molecule is COc1ccc(C2(c3ccc(OC)cc3)C=Cc3c4c(c5cc(C)c(-c6ccco6)cc5c3O2)-c2ccc(C)cc2C42CC(C)(C)CC(C)(C)C2)cc1.